The van der Waals surface area contributed by atoms with E-state index in [1.165, 1.54) is 0 Å². The first-order chi connectivity index (χ1) is 16.8. The highest BCUT2D eigenvalue weighted by Crippen LogP contribution is 2.44. The molecule has 0 bridgehead atoms. The van der Waals surface area contributed by atoms with Gasteiger partial charge in [-0.15, -0.1) is 0 Å². The number of carbonyl (C=O) groups is 3. The van der Waals surface area contributed by atoms with Gasteiger partial charge in [-0.3, -0.25) is 4.79 Å². The number of nitrogens with one attached hydrogen (secondary N) is 1. The summed E-state index contributed by atoms with van der Waals surface area (Å²) in [6, 6.07) is 15.5. The summed E-state index contributed by atoms with van der Waals surface area (Å²) in [4.78, 5) is 39.9. The minimum Gasteiger partial charge on any atom is -0.480 e. The number of aliphatic carboxylic acids is 1. The van der Waals surface area contributed by atoms with Gasteiger partial charge in [0, 0.05) is 19.0 Å². The molecule has 2 amide bonds. The van der Waals surface area contributed by atoms with Crippen LogP contribution in [0.15, 0.2) is 48.5 Å². The minimum atomic E-state index is -1.05. The largest absolute Gasteiger partial charge is 0.480 e. The van der Waals surface area contributed by atoms with Crippen LogP contribution in [0.3, 0.4) is 0 Å². The summed E-state index contributed by atoms with van der Waals surface area (Å²) in [5.74, 6) is -1.34. The molecule has 0 saturated carbocycles. The number of amides is 2. The van der Waals surface area contributed by atoms with E-state index in [1.807, 2.05) is 43.3 Å². The number of fused-ring (bicyclic) bond motifs is 3. The third-order valence-corrected chi connectivity index (χ3v) is 6.40. The van der Waals surface area contributed by atoms with Crippen molar-refractivity contribution < 1.29 is 29.0 Å². The van der Waals surface area contributed by atoms with Crippen molar-refractivity contribution in [2.45, 2.75) is 24.5 Å². The van der Waals surface area contributed by atoms with Crippen LogP contribution in [0, 0.1) is 0 Å². The number of benzene rings is 2. The van der Waals surface area contributed by atoms with Crippen LogP contribution < -0.4 is 5.32 Å². The van der Waals surface area contributed by atoms with E-state index in [4.69, 9.17) is 14.6 Å². The van der Waals surface area contributed by atoms with Crippen molar-refractivity contribution in [2.24, 2.45) is 0 Å². The maximum atomic E-state index is 13.0. The van der Waals surface area contributed by atoms with Crippen molar-refractivity contribution in [1.82, 2.24) is 15.1 Å². The van der Waals surface area contributed by atoms with Crippen molar-refractivity contribution in [3.63, 3.8) is 0 Å². The average molecular weight is 482 g/mol. The van der Waals surface area contributed by atoms with Gasteiger partial charge in [0.25, 0.3) is 0 Å². The Kier molecular flexibility index (Phi) is 7.67. The highest BCUT2D eigenvalue weighted by atomic mass is 16.5. The van der Waals surface area contributed by atoms with E-state index in [0.717, 1.165) is 22.3 Å². The van der Waals surface area contributed by atoms with Gasteiger partial charge in [-0.25, -0.2) is 9.59 Å². The molecule has 1 saturated heterocycles. The molecule has 0 aromatic heterocycles. The van der Waals surface area contributed by atoms with E-state index in [1.54, 1.807) is 4.90 Å². The second-order valence-electron chi connectivity index (χ2n) is 9.18. The molecule has 2 aromatic rings. The molecule has 2 aromatic carbocycles. The zero-order valence-electron chi connectivity index (χ0n) is 20.0. The van der Waals surface area contributed by atoms with E-state index in [9.17, 15) is 14.4 Å². The fourth-order valence-corrected chi connectivity index (χ4v) is 4.56. The molecule has 1 heterocycles. The Morgan fingerprint density at radius 2 is 1.66 bits per heavy atom. The van der Waals surface area contributed by atoms with E-state index in [0.29, 0.717) is 26.1 Å². The van der Waals surface area contributed by atoms with E-state index < -0.39 is 24.7 Å². The molecule has 186 valence electrons. The predicted molar refractivity (Wildman–Crippen MR) is 129 cm³/mol. The molecule has 1 unspecified atom stereocenters. The second-order valence-corrected chi connectivity index (χ2v) is 9.18. The number of carbonyl (C=O) groups excluding carboxylic acids is 2. The number of nitrogens with zero attached hydrogens (tertiary/aromatic N) is 2. The molecule has 1 atom stereocenters. The molecule has 1 aliphatic heterocycles. The van der Waals surface area contributed by atoms with Gasteiger partial charge in [0.2, 0.25) is 5.91 Å². The average Bonchev–Trinajstić information content (AvgIpc) is 3.12. The van der Waals surface area contributed by atoms with E-state index in [-0.39, 0.29) is 24.5 Å². The summed E-state index contributed by atoms with van der Waals surface area (Å²) in [7, 11) is 3.79. The maximum Gasteiger partial charge on any atom is 0.407 e. The van der Waals surface area contributed by atoms with Gasteiger partial charge in [0.05, 0.1) is 6.10 Å². The Morgan fingerprint density at radius 1 is 1.06 bits per heavy atom. The summed E-state index contributed by atoms with van der Waals surface area (Å²) < 4.78 is 10.8. The van der Waals surface area contributed by atoms with Gasteiger partial charge in [0.15, 0.2) is 0 Å². The van der Waals surface area contributed by atoms with Crippen molar-refractivity contribution in [1.29, 1.82) is 0 Å². The molecule has 35 heavy (non-hydrogen) atoms. The third-order valence-electron chi connectivity index (χ3n) is 6.40. The second kappa shape index (κ2) is 10.9. The normalized spacial score (nSPS) is 15.8. The van der Waals surface area contributed by atoms with Crippen molar-refractivity contribution in [3.8, 4) is 11.1 Å². The first-order valence-electron chi connectivity index (χ1n) is 11.7. The number of carboxylic acids is 1. The summed E-state index contributed by atoms with van der Waals surface area (Å²) in [5.41, 5.74) is 4.53. The van der Waals surface area contributed by atoms with Crippen molar-refractivity contribution in [2.75, 3.05) is 46.9 Å². The molecular weight excluding hydrogens is 450 g/mol. The quantitative estimate of drug-likeness (QED) is 0.535. The van der Waals surface area contributed by atoms with Gasteiger partial charge in [-0.1, -0.05) is 48.5 Å². The lowest BCUT2D eigenvalue weighted by atomic mass is 9.98. The summed E-state index contributed by atoms with van der Waals surface area (Å²) in [5, 5.41) is 11.5. The van der Waals surface area contributed by atoms with Crippen LogP contribution in [0.4, 0.5) is 4.79 Å². The van der Waals surface area contributed by atoms with Gasteiger partial charge >= 0.3 is 12.1 Å². The Labute approximate surface area is 204 Å². The first-order valence-corrected chi connectivity index (χ1v) is 11.7. The maximum absolute atomic E-state index is 13.0. The lowest BCUT2D eigenvalue weighted by Crippen LogP contribution is -2.60. The van der Waals surface area contributed by atoms with E-state index in [2.05, 4.69) is 29.6 Å². The molecular formula is C26H31N3O6. The van der Waals surface area contributed by atoms with Crippen LogP contribution in [0.2, 0.25) is 0 Å². The fourth-order valence-electron chi connectivity index (χ4n) is 4.56. The Balaban J connectivity index is 1.35. The fraction of sp³-hybridized carbons (Fsp3) is 0.423. The standard InChI is InChI=1S/C26H31N3O6/c1-28(2)12-11-23(25(32)29-13-17(14-29)34-16-24(30)31)27-26(33)35-15-22-20-9-5-3-7-18(20)19-8-4-6-10-21(19)22/h3-10,17,22-23H,11-16H2,1-2H3,(H,27,33)(H,30,31). The van der Waals surface area contributed by atoms with E-state index >= 15 is 0 Å². The van der Waals surface area contributed by atoms with Crippen molar-refractivity contribution >= 4 is 18.0 Å². The lowest BCUT2D eigenvalue weighted by molar-refractivity contribution is -0.155. The SMILES string of the molecule is CN(C)CCC(NC(=O)OCC1c2ccccc2-c2ccccc21)C(=O)N1CC(OCC(=O)O)C1. The molecule has 2 N–H and O–H groups in total. The molecule has 2 aliphatic rings. The zero-order chi connectivity index (χ0) is 24.9. The molecule has 1 fully saturated rings. The molecule has 4 rings (SSSR count). The predicted octanol–water partition coefficient (Wildman–Crippen LogP) is 2.16. The molecule has 0 radical (unpaired) electrons. The Bertz CT molecular complexity index is 1040. The Hall–Kier alpha value is -3.43. The first kappa shape index (κ1) is 24.7. The number of hydrogen-bond acceptors (Lipinski definition) is 6. The number of carboxylic acid groups (broad SMARTS) is 1. The number of likely N-dealkylation sites (tertiary alicyclic amines) is 1. The zero-order valence-corrected chi connectivity index (χ0v) is 20.0. The summed E-state index contributed by atoms with van der Waals surface area (Å²) in [6.45, 7) is 0.985. The number of ether oxygens (including phenoxy) is 2. The monoisotopic (exact) mass is 481 g/mol. The number of hydrogen-bond donors (Lipinski definition) is 2. The van der Waals surface area contributed by atoms with Crippen LogP contribution in [0.5, 0.6) is 0 Å². The number of alkyl carbamates (subject to hydrolysis) is 1. The highest BCUT2D eigenvalue weighted by molar-refractivity contribution is 5.86. The smallest absolute Gasteiger partial charge is 0.407 e. The highest BCUT2D eigenvalue weighted by Gasteiger charge is 2.36. The minimum absolute atomic E-state index is 0.0633. The molecule has 0 spiro atoms. The van der Waals surface area contributed by atoms with Crippen LogP contribution in [-0.2, 0) is 19.1 Å². The van der Waals surface area contributed by atoms with Crippen molar-refractivity contribution in [3.05, 3.63) is 59.7 Å². The van der Waals surface area contributed by atoms with Gasteiger partial charge in [0.1, 0.15) is 19.3 Å². The molecule has 9 heteroatoms. The van der Waals surface area contributed by atoms with Crippen LogP contribution in [-0.4, -0.2) is 92.0 Å². The third kappa shape index (κ3) is 5.80. The van der Waals surface area contributed by atoms with Gasteiger partial charge in [-0.05, 0) is 49.3 Å². The summed E-state index contributed by atoms with van der Waals surface area (Å²) in [6.07, 6.45) is -0.519. The topological polar surface area (TPSA) is 108 Å². The van der Waals surface area contributed by atoms with Gasteiger partial charge < -0.3 is 29.7 Å². The van der Waals surface area contributed by atoms with Crippen LogP contribution in [0.25, 0.3) is 11.1 Å². The summed E-state index contributed by atoms with van der Waals surface area (Å²) >= 11 is 0. The lowest BCUT2D eigenvalue weighted by Gasteiger charge is -2.40. The van der Waals surface area contributed by atoms with Crippen LogP contribution in [0.1, 0.15) is 23.5 Å². The van der Waals surface area contributed by atoms with Gasteiger partial charge in [-0.2, -0.15) is 0 Å². The van der Waals surface area contributed by atoms with Crippen LogP contribution >= 0.6 is 0 Å². The Morgan fingerprint density at radius 3 is 2.23 bits per heavy atom. The molecule has 9 nitrogen and oxygen atoms in total. The number of rotatable bonds is 10. The molecule has 1 aliphatic carbocycles.